The van der Waals surface area contributed by atoms with Crippen LogP contribution in [0.1, 0.15) is 26.2 Å². The van der Waals surface area contributed by atoms with Gasteiger partial charge in [-0.3, -0.25) is 0 Å². The van der Waals surface area contributed by atoms with E-state index in [-0.39, 0.29) is 6.04 Å². The maximum absolute atomic E-state index is 6.04. The van der Waals surface area contributed by atoms with Gasteiger partial charge in [0.15, 0.2) is 5.82 Å². The molecule has 150 valence electrons. The summed E-state index contributed by atoms with van der Waals surface area (Å²) < 4.78 is 5.50. The van der Waals surface area contributed by atoms with Gasteiger partial charge in [-0.1, -0.05) is 19.3 Å². The van der Waals surface area contributed by atoms with Crippen LogP contribution in [0.4, 0.5) is 11.6 Å². The summed E-state index contributed by atoms with van der Waals surface area (Å²) in [5.41, 5.74) is 7.77. The number of thiol groups is 1. The average Bonchev–Trinajstić information content (AvgIpc) is 3.53. The first-order valence-electron chi connectivity index (χ1n) is 9.58. The molecule has 1 aliphatic carbocycles. The number of hydrogen-bond acceptors (Lipinski definition) is 7. The molecule has 2 aliphatic rings. The van der Waals surface area contributed by atoms with E-state index < -0.39 is 0 Å². The number of ether oxygens (including phenoxy) is 1. The van der Waals surface area contributed by atoms with Crippen molar-refractivity contribution in [2.45, 2.75) is 32.2 Å². The summed E-state index contributed by atoms with van der Waals surface area (Å²) in [6.07, 6.45) is 9.80. The standard InChI is InChI=1S/C16H18N6O.C3H6.CH4S/c1-10-9-23-7-6-22(10)14-8-13(17)20-16(21-14)12-3-5-19-15-11(12)2-4-18-15;1-2-3-1;1-2/h2-5,8,10H,6-7,9H2,1H3,(H,18,19)(H2,17,20,21);1-3H2;2H,1H3. The summed E-state index contributed by atoms with van der Waals surface area (Å²) in [7, 11) is 0. The lowest BCUT2D eigenvalue weighted by atomic mass is 10.1. The van der Waals surface area contributed by atoms with Crippen LogP contribution in [0.2, 0.25) is 0 Å². The normalized spacial score (nSPS) is 18.0. The second-order valence-corrected chi connectivity index (χ2v) is 6.75. The third kappa shape index (κ3) is 4.94. The Morgan fingerprint density at radius 3 is 2.71 bits per heavy atom. The Morgan fingerprint density at radius 2 is 2.00 bits per heavy atom. The maximum Gasteiger partial charge on any atom is 0.164 e. The van der Waals surface area contributed by atoms with Gasteiger partial charge in [0.05, 0.1) is 19.3 Å². The molecule has 3 aromatic rings. The Balaban J connectivity index is 0.000000402. The van der Waals surface area contributed by atoms with Crippen LogP contribution in [0.25, 0.3) is 22.4 Å². The number of nitrogens with two attached hydrogens (primary N) is 1. The number of aromatic nitrogens is 4. The SMILES string of the molecule is C1CC1.CC1COCCN1c1cc(N)nc(-c2ccnc3[nH]ccc23)n1.CS. The van der Waals surface area contributed by atoms with Crippen LogP contribution in [0.15, 0.2) is 30.6 Å². The van der Waals surface area contributed by atoms with Crippen molar-refractivity contribution in [3.05, 3.63) is 30.6 Å². The van der Waals surface area contributed by atoms with Gasteiger partial charge in [-0.25, -0.2) is 15.0 Å². The summed E-state index contributed by atoms with van der Waals surface area (Å²) in [5, 5.41) is 0.985. The molecule has 0 bridgehead atoms. The van der Waals surface area contributed by atoms with Crippen molar-refractivity contribution in [2.75, 3.05) is 36.6 Å². The first-order valence-corrected chi connectivity index (χ1v) is 10.5. The number of pyridine rings is 1. The first kappa shape index (κ1) is 20.4. The second kappa shape index (κ2) is 9.75. The third-order valence-corrected chi connectivity index (χ3v) is 4.45. The molecule has 7 nitrogen and oxygen atoms in total. The predicted molar refractivity (Wildman–Crippen MR) is 118 cm³/mol. The van der Waals surface area contributed by atoms with E-state index in [9.17, 15) is 0 Å². The molecular formula is C20H28N6OS. The number of nitrogens with one attached hydrogen (secondary N) is 1. The van der Waals surface area contributed by atoms with E-state index in [1.165, 1.54) is 19.3 Å². The zero-order valence-corrected chi connectivity index (χ0v) is 17.3. The van der Waals surface area contributed by atoms with Crippen LogP contribution in [0.3, 0.4) is 0 Å². The van der Waals surface area contributed by atoms with Crippen LogP contribution >= 0.6 is 12.6 Å². The van der Waals surface area contributed by atoms with Crippen LogP contribution in [-0.2, 0) is 4.74 Å². The molecular weight excluding hydrogens is 372 g/mol. The molecule has 0 radical (unpaired) electrons. The predicted octanol–water partition coefficient (Wildman–Crippen LogP) is 3.54. The van der Waals surface area contributed by atoms with E-state index in [4.69, 9.17) is 15.5 Å². The quantitative estimate of drug-likeness (QED) is 0.570. The highest BCUT2D eigenvalue weighted by atomic mass is 32.1. The molecule has 0 amide bonds. The lowest BCUT2D eigenvalue weighted by Crippen LogP contribution is -2.44. The monoisotopic (exact) mass is 400 g/mol. The number of fused-ring (bicyclic) bond motifs is 1. The molecule has 1 saturated heterocycles. The minimum atomic E-state index is 0.260. The molecule has 28 heavy (non-hydrogen) atoms. The number of morpholine rings is 1. The van der Waals surface area contributed by atoms with Crippen LogP contribution in [0.5, 0.6) is 0 Å². The van der Waals surface area contributed by atoms with Crippen molar-refractivity contribution in [3.63, 3.8) is 0 Å². The highest BCUT2D eigenvalue weighted by Gasteiger charge is 2.22. The van der Waals surface area contributed by atoms with Crippen molar-refractivity contribution in [3.8, 4) is 11.4 Å². The summed E-state index contributed by atoms with van der Waals surface area (Å²) in [4.78, 5) is 18.8. The Kier molecular flexibility index (Phi) is 7.11. The van der Waals surface area contributed by atoms with Gasteiger partial charge in [0.1, 0.15) is 17.3 Å². The highest BCUT2D eigenvalue weighted by Crippen LogP contribution is 2.28. The Hall–Kier alpha value is -2.32. The van der Waals surface area contributed by atoms with Crippen LogP contribution in [0, 0.1) is 0 Å². The summed E-state index contributed by atoms with van der Waals surface area (Å²) in [6.45, 7) is 4.30. The topological polar surface area (TPSA) is 93.0 Å². The summed E-state index contributed by atoms with van der Waals surface area (Å²) >= 11 is 3.53. The third-order valence-electron chi connectivity index (χ3n) is 4.45. The molecule has 3 N–H and O–H groups in total. The van der Waals surface area contributed by atoms with Crippen molar-refractivity contribution < 1.29 is 4.74 Å². The molecule has 8 heteroatoms. The Bertz CT molecular complexity index is 895. The zero-order valence-electron chi connectivity index (χ0n) is 16.4. The number of nitrogens with zero attached hydrogens (tertiary/aromatic N) is 4. The highest BCUT2D eigenvalue weighted by molar-refractivity contribution is 7.79. The fourth-order valence-electron chi connectivity index (χ4n) is 2.94. The first-order chi connectivity index (χ1) is 13.7. The smallest absolute Gasteiger partial charge is 0.164 e. The summed E-state index contributed by atoms with van der Waals surface area (Å²) in [6, 6.07) is 5.97. The number of H-pyrrole nitrogens is 1. The van der Waals surface area contributed by atoms with E-state index in [2.05, 4.69) is 39.4 Å². The molecule has 1 unspecified atom stereocenters. The van der Waals surface area contributed by atoms with Crippen molar-refractivity contribution >= 4 is 35.3 Å². The van der Waals surface area contributed by atoms with Crippen LogP contribution < -0.4 is 10.6 Å². The lowest BCUT2D eigenvalue weighted by molar-refractivity contribution is 0.0985. The van der Waals surface area contributed by atoms with Crippen LogP contribution in [-0.4, -0.2) is 52.0 Å². The van der Waals surface area contributed by atoms with Gasteiger partial charge in [-0.2, -0.15) is 12.6 Å². The minimum Gasteiger partial charge on any atom is -0.384 e. The molecule has 5 rings (SSSR count). The van der Waals surface area contributed by atoms with Crippen molar-refractivity contribution in [2.24, 2.45) is 0 Å². The number of rotatable bonds is 2. The maximum atomic E-state index is 6.04. The minimum absolute atomic E-state index is 0.260. The van der Waals surface area contributed by atoms with E-state index in [1.54, 1.807) is 12.5 Å². The molecule has 3 aromatic heterocycles. The molecule has 1 aliphatic heterocycles. The molecule has 1 atom stereocenters. The number of anilines is 2. The zero-order chi connectivity index (χ0) is 19.9. The summed E-state index contributed by atoms with van der Waals surface area (Å²) in [5.74, 6) is 1.92. The van der Waals surface area contributed by atoms with E-state index in [0.717, 1.165) is 29.0 Å². The fraction of sp³-hybridized carbons (Fsp3) is 0.450. The lowest BCUT2D eigenvalue weighted by Gasteiger charge is -2.34. The van der Waals surface area contributed by atoms with E-state index >= 15 is 0 Å². The molecule has 4 heterocycles. The van der Waals surface area contributed by atoms with Gasteiger partial charge < -0.3 is 20.4 Å². The van der Waals surface area contributed by atoms with Gasteiger partial charge >= 0.3 is 0 Å². The van der Waals surface area contributed by atoms with Crippen molar-refractivity contribution in [1.82, 2.24) is 19.9 Å². The number of hydrogen-bond donors (Lipinski definition) is 3. The van der Waals surface area contributed by atoms with Gasteiger partial charge in [-0.15, -0.1) is 0 Å². The molecule has 2 fully saturated rings. The van der Waals surface area contributed by atoms with Crippen molar-refractivity contribution in [1.29, 1.82) is 0 Å². The number of nitrogen functional groups attached to an aromatic ring is 1. The van der Waals surface area contributed by atoms with Gasteiger partial charge in [0, 0.05) is 36.0 Å². The van der Waals surface area contributed by atoms with Gasteiger partial charge in [-0.05, 0) is 25.3 Å². The second-order valence-electron chi connectivity index (χ2n) is 6.75. The molecule has 0 spiro atoms. The van der Waals surface area contributed by atoms with Gasteiger partial charge in [0.25, 0.3) is 0 Å². The number of aromatic amines is 1. The fourth-order valence-corrected chi connectivity index (χ4v) is 2.94. The Morgan fingerprint density at radius 1 is 1.21 bits per heavy atom. The molecule has 1 saturated carbocycles. The Labute approximate surface area is 171 Å². The largest absolute Gasteiger partial charge is 0.384 e. The molecule has 0 aromatic carbocycles. The van der Waals surface area contributed by atoms with Gasteiger partial charge in [0.2, 0.25) is 0 Å². The van der Waals surface area contributed by atoms with E-state index in [0.29, 0.717) is 24.9 Å². The average molecular weight is 401 g/mol. The van der Waals surface area contributed by atoms with E-state index in [1.807, 2.05) is 24.4 Å².